The van der Waals surface area contributed by atoms with E-state index in [1.165, 1.54) is 5.56 Å². The maximum absolute atomic E-state index is 5.69. The Morgan fingerprint density at radius 3 is 2.60 bits per heavy atom. The Labute approximate surface area is 124 Å². The zero-order chi connectivity index (χ0) is 14.7. The van der Waals surface area contributed by atoms with Crippen molar-refractivity contribution in [1.29, 1.82) is 0 Å². The lowest BCUT2D eigenvalue weighted by molar-refractivity contribution is 0.867. The first kappa shape index (κ1) is 14.4. The van der Waals surface area contributed by atoms with Crippen LogP contribution in [0, 0.1) is 6.92 Å². The molecule has 0 aliphatic carbocycles. The summed E-state index contributed by atoms with van der Waals surface area (Å²) < 4.78 is 0. The second kappa shape index (κ2) is 5.96. The summed E-state index contributed by atoms with van der Waals surface area (Å²) in [7, 11) is 0. The molecule has 1 aromatic carbocycles. The molecule has 3 N–H and O–H groups in total. The van der Waals surface area contributed by atoms with Crippen molar-refractivity contribution in [2.75, 3.05) is 5.32 Å². The number of nitrogens with two attached hydrogens (primary N) is 1. The number of nitrogens with one attached hydrogen (secondary N) is 1. The van der Waals surface area contributed by atoms with Crippen molar-refractivity contribution in [2.24, 2.45) is 5.73 Å². The maximum atomic E-state index is 5.69. The fourth-order valence-corrected chi connectivity index (χ4v) is 2.22. The summed E-state index contributed by atoms with van der Waals surface area (Å²) in [6, 6.07) is 6.23. The normalized spacial score (nSPS) is 10.6. The van der Waals surface area contributed by atoms with E-state index in [-0.39, 0.29) is 4.99 Å². The van der Waals surface area contributed by atoms with E-state index in [4.69, 9.17) is 18.0 Å². The highest BCUT2D eigenvalue weighted by Gasteiger charge is 2.13. The highest BCUT2D eigenvalue weighted by Crippen LogP contribution is 2.30. The summed E-state index contributed by atoms with van der Waals surface area (Å²) in [5, 5.41) is 3.33. The Bertz CT molecular complexity index is 638. The second-order valence-corrected chi connectivity index (χ2v) is 5.38. The molecule has 0 spiro atoms. The van der Waals surface area contributed by atoms with Crippen LogP contribution in [0.4, 0.5) is 11.5 Å². The molecular formula is C15H18N4S. The minimum atomic E-state index is 0.236. The number of anilines is 2. The predicted molar refractivity (Wildman–Crippen MR) is 86.5 cm³/mol. The van der Waals surface area contributed by atoms with Crippen molar-refractivity contribution in [2.45, 2.75) is 26.7 Å². The third-order valence-electron chi connectivity index (χ3n) is 3.10. The van der Waals surface area contributed by atoms with E-state index in [1.54, 1.807) is 12.4 Å². The van der Waals surface area contributed by atoms with E-state index in [1.807, 2.05) is 0 Å². The van der Waals surface area contributed by atoms with Crippen LogP contribution < -0.4 is 11.1 Å². The van der Waals surface area contributed by atoms with E-state index >= 15 is 0 Å². The van der Waals surface area contributed by atoms with Crippen LogP contribution in [0.2, 0.25) is 0 Å². The number of nitrogens with zero attached hydrogens (tertiary/aromatic N) is 2. The number of rotatable bonds is 4. The van der Waals surface area contributed by atoms with Gasteiger partial charge in [0.25, 0.3) is 0 Å². The predicted octanol–water partition coefficient (Wildman–Crippen LogP) is 3.29. The van der Waals surface area contributed by atoms with Gasteiger partial charge in [0.2, 0.25) is 0 Å². The second-order valence-electron chi connectivity index (χ2n) is 4.94. The van der Waals surface area contributed by atoms with Gasteiger partial charge in [0.05, 0.1) is 0 Å². The van der Waals surface area contributed by atoms with Gasteiger partial charge in [-0.1, -0.05) is 44.3 Å². The van der Waals surface area contributed by atoms with Crippen molar-refractivity contribution in [3.05, 3.63) is 47.4 Å². The topological polar surface area (TPSA) is 63.8 Å². The third kappa shape index (κ3) is 2.93. The Morgan fingerprint density at radius 2 is 1.95 bits per heavy atom. The summed E-state index contributed by atoms with van der Waals surface area (Å²) >= 11 is 5.02. The number of benzene rings is 1. The third-order valence-corrected chi connectivity index (χ3v) is 3.30. The molecule has 2 rings (SSSR count). The van der Waals surface area contributed by atoms with Gasteiger partial charge in [-0.2, -0.15) is 0 Å². The summed E-state index contributed by atoms with van der Waals surface area (Å²) in [4.78, 5) is 8.72. The number of thiocarbonyl (C=S) groups is 1. The zero-order valence-corrected chi connectivity index (χ0v) is 12.7. The molecule has 1 heterocycles. The Balaban J connectivity index is 2.48. The van der Waals surface area contributed by atoms with Crippen LogP contribution in [0.15, 0.2) is 30.6 Å². The van der Waals surface area contributed by atoms with E-state index < -0.39 is 0 Å². The molecule has 20 heavy (non-hydrogen) atoms. The lowest BCUT2D eigenvalue weighted by Gasteiger charge is -2.17. The molecule has 0 aliphatic heterocycles. The van der Waals surface area contributed by atoms with Crippen LogP contribution in [0.3, 0.4) is 0 Å². The van der Waals surface area contributed by atoms with Crippen molar-refractivity contribution in [3.8, 4) is 0 Å². The van der Waals surface area contributed by atoms with E-state index in [2.05, 4.69) is 54.3 Å². The largest absolute Gasteiger partial charge is 0.388 e. The smallest absolute Gasteiger partial charge is 0.159 e. The van der Waals surface area contributed by atoms with Crippen molar-refractivity contribution >= 4 is 28.7 Å². The lowest BCUT2D eigenvalue weighted by Crippen LogP contribution is -2.15. The van der Waals surface area contributed by atoms with Crippen LogP contribution in [0.1, 0.15) is 36.6 Å². The first-order chi connectivity index (χ1) is 9.50. The van der Waals surface area contributed by atoms with Crippen molar-refractivity contribution in [3.63, 3.8) is 0 Å². The number of aromatic nitrogens is 2. The van der Waals surface area contributed by atoms with Crippen molar-refractivity contribution in [1.82, 2.24) is 9.97 Å². The molecule has 2 aromatic rings. The number of hydrogen-bond donors (Lipinski definition) is 2. The summed E-state index contributed by atoms with van der Waals surface area (Å²) in [6.07, 6.45) is 3.21. The van der Waals surface area contributed by atoms with E-state index in [0.29, 0.717) is 17.4 Å². The zero-order valence-electron chi connectivity index (χ0n) is 11.8. The Hall–Kier alpha value is -2.01. The standard InChI is InChI=1S/C15H18N4S/c1-9(2)11-6-4-5-10(3)12(11)19-15-13(14(16)20)17-7-8-18-15/h4-9H,1-3H3,(H2,16,20)(H,18,19). The molecule has 0 unspecified atom stereocenters. The van der Waals surface area contributed by atoms with Crippen LogP contribution >= 0.6 is 12.2 Å². The molecular weight excluding hydrogens is 268 g/mol. The summed E-state index contributed by atoms with van der Waals surface area (Å²) in [6.45, 7) is 6.38. The van der Waals surface area contributed by atoms with Crippen LogP contribution in [-0.4, -0.2) is 15.0 Å². The first-order valence-corrected chi connectivity index (χ1v) is 6.89. The highest BCUT2D eigenvalue weighted by atomic mass is 32.1. The van der Waals surface area contributed by atoms with Gasteiger partial charge in [-0.15, -0.1) is 0 Å². The van der Waals surface area contributed by atoms with Crippen LogP contribution in [-0.2, 0) is 0 Å². The highest BCUT2D eigenvalue weighted by molar-refractivity contribution is 7.80. The Morgan fingerprint density at radius 1 is 1.25 bits per heavy atom. The van der Waals surface area contributed by atoms with Gasteiger partial charge in [0.15, 0.2) is 5.82 Å². The first-order valence-electron chi connectivity index (χ1n) is 6.48. The molecule has 5 heteroatoms. The van der Waals surface area contributed by atoms with Crippen molar-refractivity contribution < 1.29 is 0 Å². The molecule has 0 radical (unpaired) electrons. The fraction of sp³-hybridized carbons (Fsp3) is 0.267. The van der Waals surface area contributed by atoms with Gasteiger partial charge >= 0.3 is 0 Å². The average Bonchev–Trinajstić information content (AvgIpc) is 2.41. The summed E-state index contributed by atoms with van der Waals surface area (Å²) in [5.74, 6) is 0.999. The number of aryl methyl sites for hydroxylation is 1. The molecule has 104 valence electrons. The monoisotopic (exact) mass is 286 g/mol. The molecule has 0 atom stereocenters. The van der Waals surface area contributed by atoms with E-state index in [9.17, 15) is 0 Å². The SMILES string of the molecule is Cc1cccc(C(C)C)c1Nc1nccnc1C(N)=S. The van der Waals surface area contributed by atoms with Gasteiger partial charge in [0, 0.05) is 18.1 Å². The minimum Gasteiger partial charge on any atom is -0.388 e. The van der Waals surface area contributed by atoms with E-state index in [0.717, 1.165) is 11.3 Å². The molecule has 0 amide bonds. The van der Waals surface area contributed by atoms with Gasteiger partial charge in [-0.3, -0.25) is 0 Å². The number of para-hydroxylation sites is 1. The molecule has 1 aromatic heterocycles. The maximum Gasteiger partial charge on any atom is 0.159 e. The molecule has 0 bridgehead atoms. The van der Waals surface area contributed by atoms with Gasteiger partial charge < -0.3 is 11.1 Å². The fourth-order valence-electron chi connectivity index (χ4n) is 2.07. The molecule has 0 saturated heterocycles. The molecule has 0 fully saturated rings. The molecule has 0 aliphatic rings. The van der Waals surface area contributed by atoms with Crippen LogP contribution in [0.25, 0.3) is 0 Å². The van der Waals surface area contributed by atoms with Gasteiger partial charge in [-0.25, -0.2) is 9.97 Å². The molecule has 4 nitrogen and oxygen atoms in total. The van der Waals surface area contributed by atoms with Gasteiger partial charge in [-0.05, 0) is 24.0 Å². The summed E-state index contributed by atoms with van der Waals surface area (Å²) in [5.41, 5.74) is 9.62. The Kier molecular flexibility index (Phi) is 4.29. The van der Waals surface area contributed by atoms with Gasteiger partial charge in [0.1, 0.15) is 10.7 Å². The minimum absolute atomic E-state index is 0.236. The number of hydrogen-bond acceptors (Lipinski definition) is 4. The molecule has 0 saturated carbocycles. The van der Waals surface area contributed by atoms with Crippen LogP contribution in [0.5, 0.6) is 0 Å². The lowest BCUT2D eigenvalue weighted by atomic mass is 9.98. The average molecular weight is 286 g/mol. The quantitative estimate of drug-likeness (QED) is 0.844.